The van der Waals surface area contributed by atoms with Gasteiger partial charge >= 0.3 is 0 Å². The number of alkyl halides is 1. The van der Waals surface area contributed by atoms with Crippen LogP contribution in [0.3, 0.4) is 0 Å². The summed E-state index contributed by atoms with van der Waals surface area (Å²) >= 11 is 5.60. The topological polar surface area (TPSA) is 26.0 Å². The predicted molar refractivity (Wildman–Crippen MR) is 97.8 cm³/mol. The average molecular weight is 322 g/mol. The minimum Gasteiger partial charge on any atom is -0.326 e. The maximum atomic E-state index is 5.60. The highest BCUT2D eigenvalue weighted by molar-refractivity contribution is 6.17. The first kappa shape index (κ1) is 19.5. The second-order valence-electron chi connectivity index (χ2n) is 4.23. The Balaban J connectivity index is 0.000000364. The van der Waals surface area contributed by atoms with Gasteiger partial charge in [-0.05, 0) is 22.3 Å². The van der Waals surface area contributed by atoms with Gasteiger partial charge in [-0.25, -0.2) is 0 Å². The molecular formula is C18H21Cl2N. The van der Waals surface area contributed by atoms with Crippen LogP contribution >= 0.6 is 24.0 Å². The van der Waals surface area contributed by atoms with Gasteiger partial charge < -0.3 is 5.73 Å². The van der Waals surface area contributed by atoms with Gasteiger partial charge in [0.1, 0.15) is 0 Å². The molecule has 112 valence electrons. The maximum absolute atomic E-state index is 5.60. The summed E-state index contributed by atoms with van der Waals surface area (Å²) in [6.45, 7) is 7.92. The lowest BCUT2D eigenvalue weighted by Gasteiger charge is -1.95. The van der Waals surface area contributed by atoms with E-state index in [0.717, 1.165) is 22.3 Å². The molecule has 0 aliphatic heterocycles. The van der Waals surface area contributed by atoms with E-state index in [1.807, 2.05) is 60.7 Å². The van der Waals surface area contributed by atoms with Crippen molar-refractivity contribution in [3.05, 3.63) is 83.9 Å². The van der Waals surface area contributed by atoms with Crippen LogP contribution in [-0.2, 0) is 12.4 Å². The van der Waals surface area contributed by atoms with Gasteiger partial charge in [0.25, 0.3) is 0 Å². The molecule has 21 heavy (non-hydrogen) atoms. The van der Waals surface area contributed by atoms with Gasteiger partial charge in [0, 0.05) is 12.4 Å². The molecule has 0 spiro atoms. The van der Waals surface area contributed by atoms with Gasteiger partial charge in [-0.2, -0.15) is 0 Å². The van der Waals surface area contributed by atoms with Crippen LogP contribution in [0.15, 0.2) is 61.7 Å². The molecule has 2 rings (SSSR count). The van der Waals surface area contributed by atoms with E-state index in [9.17, 15) is 0 Å². The van der Waals surface area contributed by atoms with Crippen molar-refractivity contribution in [2.24, 2.45) is 5.73 Å². The van der Waals surface area contributed by atoms with Crippen molar-refractivity contribution in [3.8, 4) is 0 Å². The van der Waals surface area contributed by atoms with Crippen LogP contribution in [0.4, 0.5) is 0 Å². The SMILES string of the molecule is C=Cc1ccc(CCl)cc1.C=Cc1ccc(CN)cc1.Cl. The second-order valence-corrected chi connectivity index (χ2v) is 4.50. The molecule has 0 heterocycles. The van der Waals surface area contributed by atoms with E-state index in [2.05, 4.69) is 13.2 Å². The van der Waals surface area contributed by atoms with Gasteiger partial charge in [0.05, 0.1) is 0 Å². The lowest BCUT2D eigenvalue weighted by molar-refractivity contribution is 1.07. The van der Waals surface area contributed by atoms with Gasteiger partial charge in [-0.3, -0.25) is 0 Å². The number of halogens is 2. The van der Waals surface area contributed by atoms with Crippen molar-refractivity contribution >= 4 is 36.2 Å². The zero-order valence-corrected chi connectivity index (χ0v) is 13.5. The van der Waals surface area contributed by atoms with Crippen LogP contribution in [-0.4, -0.2) is 0 Å². The van der Waals surface area contributed by atoms with Gasteiger partial charge in [-0.15, -0.1) is 24.0 Å². The monoisotopic (exact) mass is 321 g/mol. The number of hydrogen-bond donors (Lipinski definition) is 1. The molecule has 0 radical (unpaired) electrons. The van der Waals surface area contributed by atoms with E-state index in [-0.39, 0.29) is 12.4 Å². The number of hydrogen-bond acceptors (Lipinski definition) is 1. The average Bonchev–Trinajstić information content (AvgIpc) is 2.55. The minimum atomic E-state index is 0. The van der Waals surface area contributed by atoms with Crippen molar-refractivity contribution in [3.63, 3.8) is 0 Å². The maximum Gasteiger partial charge on any atom is 0.0474 e. The molecular weight excluding hydrogens is 301 g/mol. The van der Waals surface area contributed by atoms with E-state index in [1.165, 1.54) is 0 Å². The fourth-order valence-corrected chi connectivity index (χ4v) is 1.71. The fraction of sp³-hybridized carbons (Fsp3) is 0.111. The molecule has 0 atom stereocenters. The molecule has 0 aliphatic carbocycles. The summed E-state index contributed by atoms with van der Waals surface area (Å²) in [7, 11) is 0. The second kappa shape index (κ2) is 11.2. The van der Waals surface area contributed by atoms with Gasteiger partial charge in [-0.1, -0.05) is 73.8 Å². The fourth-order valence-electron chi connectivity index (χ4n) is 1.53. The van der Waals surface area contributed by atoms with Crippen molar-refractivity contribution in [2.75, 3.05) is 0 Å². The molecule has 2 aromatic rings. The third-order valence-electron chi connectivity index (χ3n) is 2.82. The van der Waals surface area contributed by atoms with Crippen LogP contribution in [0.2, 0.25) is 0 Å². The summed E-state index contributed by atoms with van der Waals surface area (Å²) in [6.07, 6.45) is 3.64. The molecule has 0 saturated carbocycles. The molecule has 0 saturated heterocycles. The molecule has 3 heteroatoms. The van der Waals surface area contributed by atoms with E-state index >= 15 is 0 Å². The van der Waals surface area contributed by atoms with E-state index in [1.54, 1.807) is 0 Å². The Morgan fingerprint density at radius 3 is 1.48 bits per heavy atom. The summed E-state index contributed by atoms with van der Waals surface area (Å²) in [4.78, 5) is 0. The normalized spacial score (nSPS) is 8.86. The largest absolute Gasteiger partial charge is 0.326 e. The first-order valence-corrected chi connectivity index (χ1v) is 6.95. The Bertz CT molecular complexity index is 479. The van der Waals surface area contributed by atoms with Crippen LogP contribution < -0.4 is 5.73 Å². The zero-order chi connectivity index (χ0) is 14.8. The highest BCUT2D eigenvalue weighted by atomic mass is 35.5. The van der Waals surface area contributed by atoms with Crippen molar-refractivity contribution < 1.29 is 0 Å². The molecule has 0 unspecified atom stereocenters. The third-order valence-corrected chi connectivity index (χ3v) is 3.13. The Kier molecular flexibility index (Phi) is 10.3. The molecule has 1 nitrogen and oxygen atoms in total. The lowest BCUT2D eigenvalue weighted by atomic mass is 10.1. The van der Waals surface area contributed by atoms with Gasteiger partial charge in [0.15, 0.2) is 0 Å². The molecule has 0 aliphatic rings. The highest BCUT2D eigenvalue weighted by Crippen LogP contribution is 2.07. The van der Waals surface area contributed by atoms with Gasteiger partial charge in [0.2, 0.25) is 0 Å². The summed E-state index contributed by atoms with van der Waals surface area (Å²) < 4.78 is 0. The smallest absolute Gasteiger partial charge is 0.0474 e. The van der Waals surface area contributed by atoms with Crippen LogP contribution in [0.1, 0.15) is 22.3 Å². The summed E-state index contributed by atoms with van der Waals surface area (Å²) in [5, 5.41) is 0. The Morgan fingerprint density at radius 1 is 0.810 bits per heavy atom. The zero-order valence-electron chi connectivity index (χ0n) is 12.0. The third kappa shape index (κ3) is 7.14. The van der Waals surface area contributed by atoms with E-state index in [4.69, 9.17) is 17.3 Å². The lowest BCUT2D eigenvalue weighted by Crippen LogP contribution is -1.94. The predicted octanol–water partition coefficient (Wildman–Crippen LogP) is 5.28. The molecule has 2 N–H and O–H groups in total. The molecule has 0 bridgehead atoms. The first-order chi connectivity index (χ1) is 9.73. The highest BCUT2D eigenvalue weighted by Gasteiger charge is 1.88. The standard InChI is InChI=1S/C9H9Cl.C9H11N.ClH/c2*1-2-8-3-5-9(7-10)6-4-8;/h2-6H,1,7H2;2-6H,1,7,10H2;1H. The minimum absolute atomic E-state index is 0. The van der Waals surface area contributed by atoms with Crippen LogP contribution in [0.5, 0.6) is 0 Å². The molecule has 2 aromatic carbocycles. The van der Waals surface area contributed by atoms with Crippen molar-refractivity contribution in [2.45, 2.75) is 12.4 Å². The summed E-state index contributed by atoms with van der Waals surface area (Å²) in [6, 6.07) is 16.1. The Hall–Kier alpha value is -1.54. The quantitative estimate of drug-likeness (QED) is 0.762. The van der Waals surface area contributed by atoms with E-state index in [0.29, 0.717) is 12.4 Å². The van der Waals surface area contributed by atoms with E-state index < -0.39 is 0 Å². The number of nitrogens with two attached hydrogens (primary N) is 1. The molecule has 0 aromatic heterocycles. The molecule has 0 fully saturated rings. The van der Waals surface area contributed by atoms with Crippen LogP contribution in [0.25, 0.3) is 12.2 Å². The number of rotatable bonds is 4. The Morgan fingerprint density at radius 2 is 1.19 bits per heavy atom. The Labute approximate surface area is 138 Å². The molecule has 0 amide bonds. The van der Waals surface area contributed by atoms with Crippen LogP contribution in [0, 0.1) is 0 Å². The number of benzene rings is 2. The van der Waals surface area contributed by atoms with Crippen molar-refractivity contribution in [1.82, 2.24) is 0 Å². The summed E-state index contributed by atoms with van der Waals surface area (Å²) in [5.74, 6) is 0.581. The summed E-state index contributed by atoms with van der Waals surface area (Å²) in [5.41, 5.74) is 9.99. The first-order valence-electron chi connectivity index (χ1n) is 6.42. The van der Waals surface area contributed by atoms with Crippen molar-refractivity contribution in [1.29, 1.82) is 0 Å².